The second-order valence-corrected chi connectivity index (χ2v) is 2.15. The minimum Gasteiger partial charge on any atom is -0.383 e. The number of likely N-dealkylation sites (N-methyl/N-ethyl adjacent to an activating group) is 1. The normalized spacial score (nSPS) is 11.4. The number of methoxy groups -OCH3 is 1. The Hall–Kier alpha value is -0.220. The molecule has 10 heavy (non-hydrogen) atoms. The summed E-state index contributed by atoms with van der Waals surface area (Å²) in [6.07, 6.45) is -2.25. The van der Waals surface area contributed by atoms with E-state index >= 15 is 0 Å². The van der Waals surface area contributed by atoms with Gasteiger partial charge in [-0.05, 0) is 7.05 Å². The molecule has 0 heterocycles. The van der Waals surface area contributed by atoms with Gasteiger partial charge in [0.25, 0.3) is 6.43 Å². The predicted molar refractivity (Wildman–Crippen MR) is 35.4 cm³/mol. The van der Waals surface area contributed by atoms with Gasteiger partial charge in [-0.15, -0.1) is 0 Å². The molecule has 0 spiro atoms. The molecule has 0 saturated heterocycles. The number of rotatable bonds is 5. The second kappa shape index (κ2) is 5.56. The maximum atomic E-state index is 11.6. The minimum absolute atomic E-state index is 0.177. The molecule has 0 aromatic rings. The fraction of sp³-hybridized carbons (Fsp3) is 1.00. The first-order valence-corrected chi connectivity index (χ1v) is 3.12. The summed E-state index contributed by atoms with van der Waals surface area (Å²) in [5.41, 5.74) is 0. The van der Waals surface area contributed by atoms with E-state index in [-0.39, 0.29) is 6.54 Å². The van der Waals surface area contributed by atoms with E-state index in [0.717, 1.165) is 0 Å². The number of alkyl halides is 2. The summed E-state index contributed by atoms with van der Waals surface area (Å²) < 4.78 is 28.0. The molecule has 62 valence electrons. The standard InChI is InChI=1S/C6H13F2NO/c1-9(3-4-10-2)5-6(7)8/h6H,3-5H2,1-2H3. The van der Waals surface area contributed by atoms with Crippen LogP contribution in [0.15, 0.2) is 0 Å². The molecular weight excluding hydrogens is 140 g/mol. The average molecular weight is 153 g/mol. The molecule has 0 aromatic carbocycles. The van der Waals surface area contributed by atoms with Gasteiger partial charge >= 0.3 is 0 Å². The third kappa shape index (κ3) is 5.91. The van der Waals surface area contributed by atoms with Gasteiger partial charge in [0.2, 0.25) is 0 Å². The Morgan fingerprint density at radius 1 is 1.50 bits per heavy atom. The predicted octanol–water partition coefficient (Wildman–Crippen LogP) is 0.830. The van der Waals surface area contributed by atoms with E-state index in [2.05, 4.69) is 0 Å². The first-order valence-electron chi connectivity index (χ1n) is 3.12. The van der Waals surface area contributed by atoms with Gasteiger partial charge in [0.15, 0.2) is 0 Å². The molecule has 0 amide bonds. The van der Waals surface area contributed by atoms with Crippen LogP contribution in [0.4, 0.5) is 8.78 Å². The van der Waals surface area contributed by atoms with Crippen LogP contribution < -0.4 is 0 Å². The maximum absolute atomic E-state index is 11.6. The molecule has 0 unspecified atom stereocenters. The van der Waals surface area contributed by atoms with Crippen molar-refractivity contribution in [1.29, 1.82) is 0 Å². The van der Waals surface area contributed by atoms with E-state index in [4.69, 9.17) is 4.74 Å². The summed E-state index contributed by atoms with van der Waals surface area (Å²) in [5.74, 6) is 0. The Morgan fingerprint density at radius 3 is 2.50 bits per heavy atom. The highest BCUT2D eigenvalue weighted by molar-refractivity contribution is 4.50. The Labute approximate surface area is 59.8 Å². The lowest BCUT2D eigenvalue weighted by atomic mass is 10.5. The highest BCUT2D eigenvalue weighted by Gasteiger charge is 2.05. The summed E-state index contributed by atoms with van der Waals surface area (Å²) in [6.45, 7) is 0.882. The van der Waals surface area contributed by atoms with Crippen LogP contribution in [-0.2, 0) is 4.74 Å². The molecule has 0 atom stereocenters. The van der Waals surface area contributed by atoms with Gasteiger partial charge in [0.1, 0.15) is 0 Å². The van der Waals surface area contributed by atoms with Crippen molar-refractivity contribution in [3.63, 3.8) is 0 Å². The first kappa shape index (κ1) is 9.78. The van der Waals surface area contributed by atoms with E-state index < -0.39 is 6.43 Å². The SMILES string of the molecule is COCCN(C)CC(F)F. The third-order valence-corrected chi connectivity index (χ3v) is 1.13. The van der Waals surface area contributed by atoms with Crippen LogP contribution >= 0.6 is 0 Å². The quantitative estimate of drug-likeness (QED) is 0.580. The smallest absolute Gasteiger partial charge is 0.251 e. The zero-order chi connectivity index (χ0) is 7.98. The van der Waals surface area contributed by atoms with Crippen molar-refractivity contribution in [1.82, 2.24) is 4.90 Å². The van der Waals surface area contributed by atoms with Crippen LogP contribution in [-0.4, -0.2) is 45.2 Å². The number of hydrogen-bond acceptors (Lipinski definition) is 2. The van der Waals surface area contributed by atoms with Crippen molar-refractivity contribution in [2.75, 3.05) is 33.9 Å². The van der Waals surface area contributed by atoms with E-state index in [1.165, 1.54) is 4.90 Å². The summed E-state index contributed by atoms with van der Waals surface area (Å²) in [7, 11) is 3.20. The summed E-state index contributed by atoms with van der Waals surface area (Å²) in [5, 5.41) is 0. The van der Waals surface area contributed by atoms with Crippen molar-refractivity contribution in [2.24, 2.45) is 0 Å². The highest BCUT2D eigenvalue weighted by atomic mass is 19.3. The number of hydrogen-bond donors (Lipinski definition) is 0. The van der Waals surface area contributed by atoms with Crippen LogP contribution in [0.3, 0.4) is 0 Å². The zero-order valence-corrected chi connectivity index (χ0v) is 6.31. The van der Waals surface area contributed by atoms with E-state index in [0.29, 0.717) is 13.2 Å². The Bertz CT molecular complexity index is 80.1. The number of nitrogens with zero attached hydrogens (tertiary/aromatic N) is 1. The maximum Gasteiger partial charge on any atom is 0.251 e. The lowest BCUT2D eigenvalue weighted by molar-refractivity contribution is 0.0839. The molecule has 0 aliphatic carbocycles. The van der Waals surface area contributed by atoms with Crippen LogP contribution in [0.2, 0.25) is 0 Å². The van der Waals surface area contributed by atoms with Crippen LogP contribution in [0.5, 0.6) is 0 Å². The van der Waals surface area contributed by atoms with Gasteiger partial charge < -0.3 is 4.74 Å². The Morgan fingerprint density at radius 2 is 2.10 bits per heavy atom. The van der Waals surface area contributed by atoms with Gasteiger partial charge in [-0.2, -0.15) is 0 Å². The van der Waals surface area contributed by atoms with Gasteiger partial charge in [0.05, 0.1) is 13.2 Å². The molecule has 0 bridgehead atoms. The van der Waals surface area contributed by atoms with Crippen LogP contribution in [0, 0.1) is 0 Å². The zero-order valence-electron chi connectivity index (χ0n) is 6.31. The highest BCUT2D eigenvalue weighted by Crippen LogP contribution is 1.94. The number of halogens is 2. The van der Waals surface area contributed by atoms with Crippen LogP contribution in [0.1, 0.15) is 0 Å². The minimum atomic E-state index is -2.25. The van der Waals surface area contributed by atoms with Gasteiger partial charge in [-0.3, -0.25) is 4.90 Å². The van der Waals surface area contributed by atoms with Crippen LogP contribution in [0.25, 0.3) is 0 Å². The first-order chi connectivity index (χ1) is 4.66. The summed E-state index contributed by atoms with van der Waals surface area (Å²) in [4.78, 5) is 1.54. The molecule has 0 aliphatic heterocycles. The lowest BCUT2D eigenvalue weighted by Crippen LogP contribution is -2.27. The average Bonchev–Trinajstić information content (AvgIpc) is 1.82. The van der Waals surface area contributed by atoms with E-state index in [9.17, 15) is 8.78 Å². The monoisotopic (exact) mass is 153 g/mol. The van der Waals surface area contributed by atoms with E-state index in [1.54, 1.807) is 14.2 Å². The molecule has 2 nitrogen and oxygen atoms in total. The van der Waals surface area contributed by atoms with Gasteiger partial charge in [0, 0.05) is 13.7 Å². The van der Waals surface area contributed by atoms with Crippen molar-refractivity contribution < 1.29 is 13.5 Å². The van der Waals surface area contributed by atoms with Crippen molar-refractivity contribution in [2.45, 2.75) is 6.43 Å². The molecule has 0 saturated carbocycles. The van der Waals surface area contributed by atoms with Gasteiger partial charge in [-0.25, -0.2) is 8.78 Å². The fourth-order valence-electron chi connectivity index (χ4n) is 0.574. The van der Waals surface area contributed by atoms with E-state index in [1.807, 2.05) is 0 Å². The fourth-order valence-corrected chi connectivity index (χ4v) is 0.574. The largest absolute Gasteiger partial charge is 0.383 e. The molecular formula is C6H13F2NO. The second-order valence-electron chi connectivity index (χ2n) is 2.15. The summed E-state index contributed by atoms with van der Waals surface area (Å²) >= 11 is 0. The molecule has 0 aromatic heterocycles. The molecule has 0 aliphatic rings. The Kier molecular flexibility index (Phi) is 5.43. The molecule has 0 rings (SSSR count). The lowest BCUT2D eigenvalue weighted by Gasteiger charge is -2.14. The Balaban J connectivity index is 3.16. The third-order valence-electron chi connectivity index (χ3n) is 1.13. The topological polar surface area (TPSA) is 12.5 Å². The van der Waals surface area contributed by atoms with Gasteiger partial charge in [-0.1, -0.05) is 0 Å². The molecule has 0 fully saturated rings. The molecule has 4 heteroatoms. The summed E-state index contributed by atoms with van der Waals surface area (Å²) in [6, 6.07) is 0. The molecule has 0 radical (unpaired) electrons. The van der Waals surface area contributed by atoms with Crippen molar-refractivity contribution in [3.8, 4) is 0 Å². The molecule has 0 N–H and O–H groups in total. The van der Waals surface area contributed by atoms with Crippen molar-refractivity contribution in [3.05, 3.63) is 0 Å². The number of ether oxygens (including phenoxy) is 1. The van der Waals surface area contributed by atoms with Crippen molar-refractivity contribution >= 4 is 0 Å².